The van der Waals surface area contributed by atoms with E-state index in [0.29, 0.717) is 0 Å². The summed E-state index contributed by atoms with van der Waals surface area (Å²) in [7, 11) is 0. The number of hydrogen-bond acceptors (Lipinski definition) is 5. The molecule has 0 unspecified atom stereocenters. The topological polar surface area (TPSA) is 84.9 Å². The molecule has 3 rings (SSSR count). The summed E-state index contributed by atoms with van der Waals surface area (Å²) in [6, 6.07) is 18.8. The van der Waals surface area contributed by atoms with E-state index < -0.39 is 0 Å². The number of benzene rings is 2. The second-order valence-corrected chi connectivity index (χ2v) is 4.32. The lowest BCUT2D eigenvalue weighted by atomic mass is 10.1. The summed E-state index contributed by atoms with van der Waals surface area (Å²) in [5.41, 5.74) is 5.00. The van der Waals surface area contributed by atoms with Crippen LogP contribution < -0.4 is 5.43 Å². The van der Waals surface area contributed by atoms with Crippen LogP contribution in [0.2, 0.25) is 0 Å². The van der Waals surface area contributed by atoms with E-state index in [-0.39, 0.29) is 5.71 Å². The van der Waals surface area contributed by atoms with Crippen LogP contribution in [0.25, 0.3) is 21.8 Å². The van der Waals surface area contributed by atoms with E-state index in [1.165, 1.54) is 0 Å². The zero-order valence-electron chi connectivity index (χ0n) is 10.9. The molecule has 5 heteroatoms. The minimum atomic E-state index is -0.222. The minimum absolute atomic E-state index is 0.222. The number of aromatic nitrogens is 1. The average molecular weight is 271 g/mol. The molecular formula is C16H9N5. The maximum Gasteiger partial charge on any atom is 0.237 e. The molecule has 0 aliphatic rings. The van der Waals surface area contributed by atoms with Crippen LogP contribution in [0.1, 0.15) is 0 Å². The molecule has 0 amide bonds. The number of rotatable bonds is 2. The molecule has 0 aliphatic carbocycles. The molecule has 0 radical (unpaired) electrons. The van der Waals surface area contributed by atoms with Gasteiger partial charge in [0.2, 0.25) is 5.71 Å². The fraction of sp³-hybridized carbons (Fsp3) is 0. The van der Waals surface area contributed by atoms with Crippen LogP contribution in [0.15, 0.2) is 53.6 Å². The van der Waals surface area contributed by atoms with Gasteiger partial charge in [-0.15, -0.1) is 0 Å². The van der Waals surface area contributed by atoms with Gasteiger partial charge in [0.25, 0.3) is 0 Å². The first kappa shape index (κ1) is 12.6. The number of nitriles is 2. The Balaban J connectivity index is 2.29. The molecule has 0 aliphatic heterocycles. The summed E-state index contributed by atoms with van der Waals surface area (Å²) in [5, 5.41) is 23.2. The third-order valence-corrected chi connectivity index (χ3v) is 3.08. The van der Waals surface area contributed by atoms with Crippen LogP contribution in [0.4, 0.5) is 5.69 Å². The summed E-state index contributed by atoms with van der Waals surface area (Å²) in [4.78, 5) is 4.59. The Morgan fingerprint density at radius 2 is 1.43 bits per heavy atom. The molecule has 0 saturated heterocycles. The number of para-hydroxylation sites is 2. The van der Waals surface area contributed by atoms with Gasteiger partial charge in [0, 0.05) is 10.8 Å². The number of anilines is 1. The Labute approximate surface area is 120 Å². The van der Waals surface area contributed by atoms with Gasteiger partial charge in [-0.2, -0.15) is 15.6 Å². The Bertz CT molecular complexity index is 874. The predicted molar refractivity (Wildman–Crippen MR) is 81.5 cm³/mol. The van der Waals surface area contributed by atoms with Crippen LogP contribution in [-0.2, 0) is 0 Å². The predicted octanol–water partition coefficient (Wildman–Crippen LogP) is 3.20. The highest BCUT2D eigenvalue weighted by Crippen LogP contribution is 2.30. The zero-order chi connectivity index (χ0) is 14.7. The maximum atomic E-state index is 8.77. The quantitative estimate of drug-likeness (QED) is 0.440. The second-order valence-electron chi connectivity index (χ2n) is 4.32. The number of hydrazone groups is 1. The molecule has 0 spiro atoms. The fourth-order valence-corrected chi connectivity index (χ4v) is 2.15. The average Bonchev–Trinajstić information content (AvgIpc) is 2.54. The molecule has 5 nitrogen and oxygen atoms in total. The Morgan fingerprint density at radius 1 is 0.905 bits per heavy atom. The Morgan fingerprint density at radius 3 is 1.95 bits per heavy atom. The molecule has 98 valence electrons. The van der Waals surface area contributed by atoms with Crippen molar-refractivity contribution in [3.05, 3.63) is 48.5 Å². The van der Waals surface area contributed by atoms with Gasteiger partial charge in [-0.05, 0) is 12.1 Å². The first-order valence-corrected chi connectivity index (χ1v) is 6.25. The first-order chi connectivity index (χ1) is 10.3. The molecule has 3 aromatic rings. The molecule has 1 N–H and O–H groups in total. The molecular weight excluding hydrogens is 262 g/mol. The van der Waals surface area contributed by atoms with Crippen molar-refractivity contribution in [3.8, 4) is 12.1 Å². The van der Waals surface area contributed by atoms with Crippen molar-refractivity contribution in [3.63, 3.8) is 0 Å². The summed E-state index contributed by atoms with van der Waals surface area (Å²) in [6.07, 6.45) is 0. The smallest absolute Gasteiger partial charge is 0.237 e. The Hall–Kier alpha value is -3.44. The highest BCUT2D eigenvalue weighted by Gasteiger charge is 2.08. The second kappa shape index (κ2) is 5.28. The van der Waals surface area contributed by atoms with Gasteiger partial charge < -0.3 is 0 Å². The van der Waals surface area contributed by atoms with Gasteiger partial charge in [-0.25, -0.2) is 4.98 Å². The van der Waals surface area contributed by atoms with Crippen LogP contribution in [0, 0.1) is 22.7 Å². The van der Waals surface area contributed by atoms with E-state index in [1.54, 1.807) is 12.1 Å². The van der Waals surface area contributed by atoms with Gasteiger partial charge in [-0.3, -0.25) is 5.43 Å². The van der Waals surface area contributed by atoms with Crippen LogP contribution in [-0.4, -0.2) is 10.7 Å². The number of fused-ring (bicyclic) bond motifs is 2. The van der Waals surface area contributed by atoms with Crippen molar-refractivity contribution < 1.29 is 0 Å². The van der Waals surface area contributed by atoms with Crippen LogP contribution in [0.5, 0.6) is 0 Å². The van der Waals surface area contributed by atoms with Crippen LogP contribution in [0.3, 0.4) is 0 Å². The van der Waals surface area contributed by atoms with E-state index in [1.807, 2.05) is 48.5 Å². The highest BCUT2D eigenvalue weighted by atomic mass is 15.3. The molecule has 21 heavy (non-hydrogen) atoms. The fourth-order valence-electron chi connectivity index (χ4n) is 2.15. The molecule has 0 bridgehead atoms. The summed E-state index contributed by atoms with van der Waals surface area (Å²) < 4.78 is 0. The minimum Gasteiger partial charge on any atom is -0.275 e. The van der Waals surface area contributed by atoms with Gasteiger partial charge in [-0.1, -0.05) is 36.4 Å². The molecule has 0 fully saturated rings. The van der Waals surface area contributed by atoms with E-state index in [2.05, 4.69) is 15.5 Å². The van der Waals surface area contributed by atoms with Crippen LogP contribution >= 0.6 is 0 Å². The van der Waals surface area contributed by atoms with E-state index >= 15 is 0 Å². The lowest BCUT2D eigenvalue weighted by molar-refractivity contribution is 1.35. The normalized spacial score (nSPS) is 9.81. The number of nitrogens with zero attached hydrogens (tertiary/aromatic N) is 4. The van der Waals surface area contributed by atoms with E-state index in [9.17, 15) is 0 Å². The van der Waals surface area contributed by atoms with E-state index in [4.69, 9.17) is 10.5 Å². The van der Waals surface area contributed by atoms with E-state index in [0.717, 1.165) is 27.5 Å². The zero-order valence-corrected chi connectivity index (χ0v) is 10.9. The first-order valence-electron chi connectivity index (χ1n) is 6.25. The molecule has 1 aromatic heterocycles. The van der Waals surface area contributed by atoms with Crippen molar-refractivity contribution in [2.24, 2.45) is 5.10 Å². The van der Waals surface area contributed by atoms with Crippen molar-refractivity contribution in [1.82, 2.24) is 4.98 Å². The van der Waals surface area contributed by atoms with Gasteiger partial charge >= 0.3 is 0 Å². The Kier molecular flexibility index (Phi) is 3.16. The number of hydrogen-bond donors (Lipinski definition) is 1. The molecule has 0 saturated carbocycles. The third kappa shape index (κ3) is 2.24. The SMILES string of the molecule is N#CC(C#N)=NNc1c2ccccc2nc2ccccc12. The molecule has 2 aromatic carbocycles. The number of pyridine rings is 1. The molecule has 1 heterocycles. The van der Waals surface area contributed by atoms with Crippen molar-refractivity contribution in [1.29, 1.82) is 10.5 Å². The standard InChI is InChI=1S/C16H9N5/c17-9-11(10-18)20-21-16-12-5-1-3-7-14(12)19-15-8-4-2-6-13(15)16/h1-8H,(H,19,21). The van der Waals surface area contributed by atoms with Crippen molar-refractivity contribution in [2.75, 3.05) is 5.43 Å². The molecule has 0 atom stereocenters. The van der Waals surface area contributed by atoms with Gasteiger partial charge in [0.15, 0.2) is 0 Å². The summed E-state index contributed by atoms with van der Waals surface area (Å²) in [5.74, 6) is 0. The summed E-state index contributed by atoms with van der Waals surface area (Å²) >= 11 is 0. The highest BCUT2D eigenvalue weighted by molar-refractivity contribution is 6.12. The lowest BCUT2D eigenvalue weighted by Crippen LogP contribution is -1.98. The number of nitrogens with one attached hydrogen (secondary N) is 1. The van der Waals surface area contributed by atoms with Crippen molar-refractivity contribution in [2.45, 2.75) is 0 Å². The maximum absolute atomic E-state index is 8.77. The van der Waals surface area contributed by atoms with Gasteiger partial charge in [0.05, 0.1) is 16.7 Å². The monoisotopic (exact) mass is 271 g/mol. The largest absolute Gasteiger partial charge is 0.275 e. The third-order valence-electron chi connectivity index (χ3n) is 3.08. The lowest BCUT2D eigenvalue weighted by Gasteiger charge is -2.09. The van der Waals surface area contributed by atoms with Crippen molar-refractivity contribution >= 4 is 33.2 Å². The summed E-state index contributed by atoms with van der Waals surface area (Å²) in [6.45, 7) is 0. The van der Waals surface area contributed by atoms with Gasteiger partial charge in [0.1, 0.15) is 12.1 Å².